The minimum atomic E-state index is -0.206. The van der Waals surface area contributed by atoms with Crippen molar-refractivity contribution in [2.75, 3.05) is 7.05 Å². The number of benzene rings is 2. The van der Waals surface area contributed by atoms with Crippen molar-refractivity contribution in [2.24, 2.45) is 5.10 Å². The fourth-order valence-electron chi connectivity index (χ4n) is 2.94. The van der Waals surface area contributed by atoms with E-state index in [0.717, 1.165) is 11.1 Å². The van der Waals surface area contributed by atoms with E-state index in [0.29, 0.717) is 30.8 Å². The van der Waals surface area contributed by atoms with Crippen molar-refractivity contribution in [3.8, 4) is 6.07 Å². The smallest absolute Gasteiger partial charge is 0.270 e. The molecule has 2 aromatic carbocycles. The summed E-state index contributed by atoms with van der Waals surface area (Å²) in [5, 5.41) is 14.7. The Morgan fingerprint density at radius 1 is 1.15 bits per heavy atom. The highest BCUT2D eigenvalue weighted by molar-refractivity contribution is 6.39. The quantitative estimate of drug-likeness (QED) is 0.822. The maximum absolute atomic E-state index is 12.8. The van der Waals surface area contributed by atoms with E-state index in [2.05, 4.69) is 11.2 Å². The third kappa shape index (κ3) is 4.59. The summed E-state index contributed by atoms with van der Waals surface area (Å²) in [5.41, 5.74) is 2.77. The molecule has 0 atom stereocenters. The van der Waals surface area contributed by atoms with Gasteiger partial charge in [-0.25, -0.2) is 5.01 Å². The van der Waals surface area contributed by atoms with Gasteiger partial charge in [-0.05, 0) is 23.3 Å². The molecule has 6 heteroatoms. The van der Waals surface area contributed by atoms with Crippen LogP contribution in [0.25, 0.3) is 0 Å². The van der Waals surface area contributed by atoms with Gasteiger partial charge in [0.1, 0.15) is 5.71 Å². The molecule has 0 saturated heterocycles. The van der Waals surface area contributed by atoms with Crippen LogP contribution in [0.3, 0.4) is 0 Å². The fraction of sp³-hybridized carbons (Fsp3) is 0.238. The van der Waals surface area contributed by atoms with Gasteiger partial charge < -0.3 is 4.90 Å². The Morgan fingerprint density at radius 3 is 2.63 bits per heavy atom. The second-order valence-electron chi connectivity index (χ2n) is 6.46. The van der Waals surface area contributed by atoms with Crippen LogP contribution in [0.4, 0.5) is 0 Å². The number of rotatable bonds is 5. The van der Waals surface area contributed by atoms with Crippen molar-refractivity contribution in [1.82, 2.24) is 9.91 Å². The van der Waals surface area contributed by atoms with Gasteiger partial charge in [-0.2, -0.15) is 10.4 Å². The number of hydrogen-bond donors (Lipinski definition) is 0. The number of hydrogen-bond acceptors (Lipinski definition) is 4. The monoisotopic (exact) mass is 360 g/mol. The number of nitriles is 1. The zero-order chi connectivity index (χ0) is 19.2. The average molecular weight is 360 g/mol. The zero-order valence-electron chi connectivity index (χ0n) is 15.1. The highest BCUT2D eigenvalue weighted by Crippen LogP contribution is 2.15. The maximum Gasteiger partial charge on any atom is 0.270 e. The van der Waals surface area contributed by atoms with Gasteiger partial charge >= 0.3 is 0 Å². The van der Waals surface area contributed by atoms with E-state index in [1.54, 1.807) is 30.1 Å². The van der Waals surface area contributed by atoms with E-state index in [9.17, 15) is 9.59 Å². The van der Waals surface area contributed by atoms with Crippen LogP contribution in [0, 0.1) is 11.3 Å². The molecule has 2 amide bonds. The van der Waals surface area contributed by atoms with Crippen LogP contribution < -0.4 is 0 Å². The first-order chi connectivity index (χ1) is 13.1. The van der Waals surface area contributed by atoms with Crippen molar-refractivity contribution in [3.05, 3.63) is 71.3 Å². The van der Waals surface area contributed by atoms with Crippen molar-refractivity contribution < 1.29 is 9.59 Å². The molecule has 6 nitrogen and oxygen atoms in total. The van der Waals surface area contributed by atoms with Gasteiger partial charge in [0.05, 0.1) is 18.2 Å². The molecular formula is C21H20N4O2. The van der Waals surface area contributed by atoms with Crippen LogP contribution in [0.1, 0.15) is 29.5 Å². The first-order valence-corrected chi connectivity index (χ1v) is 8.73. The third-order valence-corrected chi connectivity index (χ3v) is 4.35. The van der Waals surface area contributed by atoms with E-state index >= 15 is 0 Å². The highest BCUT2D eigenvalue weighted by atomic mass is 16.2. The summed E-state index contributed by atoms with van der Waals surface area (Å²) >= 11 is 0. The van der Waals surface area contributed by atoms with Gasteiger partial charge in [0, 0.05) is 26.4 Å². The summed E-state index contributed by atoms with van der Waals surface area (Å²) in [6.07, 6.45) is 0.612. The minimum Gasteiger partial charge on any atom is -0.336 e. The van der Waals surface area contributed by atoms with Crippen LogP contribution in [-0.4, -0.2) is 34.5 Å². The molecule has 0 aliphatic carbocycles. The van der Waals surface area contributed by atoms with Gasteiger partial charge in [0.25, 0.3) is 5.91 Å². The topological polar surface area (TPSA) is 76.8 Å². The van der Waals surface area contributed by atoms with Gasteiger partial charge in [0.2, 0.25) is 5.91 Å². The Morgan fingerprint density at radius 2 is 1.89 bits per heavy atom. The predicted molar refractivity (Wildman–Crippen MR) is 101 cm³/mol. The van der Waals surface area contributed by atoms with Crippen LogP contribution in [0.5, 0.6) is 0 Å². The molecule has 3 rings (SSSR count). The van der Waals surface area contributed by atoms with E-state index < -0.39 is 0 Å². The fourth-order valence-corrected chi connectivity index (χ4v) is 2.94. The molecule has 0 fully saturated rings. The predicted octanol–water partition coefficient (Wildman–Crippen LogP) is 2.70. The average Bonchev–Trinajstić information content (AvgIpc) is 2.70. The number of carbonyl (C=O) groups is 2. The van der Waals surface area contributed by atoms with Gasteiger partial charge in [-0.1, -0.05) is 42.5 Å². The van der Waals surface area contributed by atoms with Gasteiger partial charge in [-0.3, -0.25) is 9.59 Å². The second kappa shape index (κ2) is 8.28. The van der Waals surface area contributed by atoms with Crippen LogP contribution >= 0.6 is 0 Å². The number of carbonyl (C=O) groups excluding carboxylic acids is 2. The van der Waals surface area contributed by atoms with Gasteiger partial charge in [0.15, 0.2) is 0 Å². The molecule has 2 aromatic rings. The second-order valence-corrected chi connectivity index (χ2v) is 6.46. The van der Waals surface area contributed by atoms with Crippen LogP contribution in [-0.2, 0) is 22.7 Å². The van der Waals surface area contributed by atoms with Crippen molar-refractivity contribution in [2.45, 2.75) is 25.9 Å². The number of nitrogens with zero attached hydrogens (tertiary/aromatic N) is 4. The van der Waals surface area contributed by atoms with Crippen molar-refractivity contribution >= 4 is 17.5 Å². The Kier molecular flexibility index (Phi) is 5.62. The summed E-state index contributed by atoms with van der Waals surface area (Å²) in [4.78, 5) is 26.5. The molecular weight excluding hydrogens is 340 g/mol. The molecule has 1 heterocycles. The van der Waals surface area contributed by atoms with E-state index in [4.69, 9.17) is 5.26 Å². The Balaban J connectivity index is 1.71. The normalized spacial score (nSPS) is 13.7. The SMILES string of the molecule is CN(Cc1cccc(C#N)c1)C(=O)C1=NN(Cc2ccccc2)C(=O)CC1. The van der Waals surface area contributed by atoms with Crippen molar-refractivity contribution in [1.29, 1.82) is 5.26 Å². The lowest BCUT2D eigenvalue weighted by Crippen LogP contribution is -2.39. The maximum atomic E-state index is 12.8. The van der Waals surface area contributed by atoms with E-state index in [1.807, 2.05) is 36.4 Å². The highest BCUT2D eigenvalue weighted by Gasteiger charge is 2.26. The standard InChI is InChI=1S/C21H20N4O2/c1-24(14-18-9-5-8-17(12-18)13-22)21(27)19-10-11-20(26)25(23-19)15-16-6-3-2-4-7-16/h2-9,12H,10-11,14-15H2,1H3. The molecule has 0 N–H and O–H groups in total. The number of hydrazone groups is 1. The number of amides is 2. The summed E-state index contributed by atoms with van der Waals surface area (Å²) in [7, 11) is 1.70. The molecule has 0 saturated carbocycles. The molecule has 136 valence electrons. The molecule has 0 radical (unpaired) electrons. The van der Waals surface area contributed by atoms with Crippen molar-refractivity contribution in [3.63, 3.8) is 0 Å². The molecule has 27 heavy (non-hydrogen) atoms. The lowest BCUT2D eigenvalue weighted by atomic mass is 10.1. The Labute approximate surface area is 158 Å². The summed E-state index contributed by atoms with van der Waals surface area (Å²) in [6.45, 7) is 0.727. The first kappa shape index (κ1) is 18.3. The molecule has 0 bridgehead atoms. The third-order valence-electron chi connectivity index (χ3n) is 4.35. The molecule has 1 aliphatic heterocycles. The van der Waals surface area contributed by atoms with Gasteiger partial charge in [-0.15, -0.1) is 0 Å². The summed E-state index contributed by atoms with van der Waals surface area (Å²) in [5.74, 6) is -0.289. The molecule has 0 unspecified atom stereocenters. The lowest BCUT2D eigenvalue weighted by Gasteiger charge is -2.25. The molecule has 0 aromatic heterocycles. The Bertz CT molecular complexity index is 915. The largest absolute Gasteiger partial charge is 0.336 e. The zero-order valence-corrected chi connectivity index (χ0v) is 15.1. The van der Waals surface area contributed by atoms with Crippen LogP contribution in [0.2, 0.25) is 0 Å². The first-order valence-electron chi connectivity index (χ1n) is 8.73. The Hall–Kier alpha value is -3.46. The molecule has 0 spiro atoms. The summed E-state index contributed by atoms with van der Waals surface area (Å²) < 4.78 is 0. The minimum absolute atomic E-state index is 0.0835. The molecule has 1 aliphatic rings. The summed E-state index contributed by atoms with van der Waals surface area (Å²) in [6, 6.07) is 18.8. The lowest BCUT2D eigenvalue weighted by molar-refractivity contribution is -0.132. The van der Waals surface area contributed by atoms with E-state index in [-0.39, 0.29) is 18.2 Å². The van der Waals surface area contributed by atoms with Crippen LogP contribution in [0.15, 0.2) is 59.7 Å². The van der Waals surface area contributed by atoms with E-state index in [1.165, 1.54) is 5.01 Å².